The Kier molecular flexibility index (Phi) is 7.31. The van der Waals surface area contributed by atoms with Crippen LogP contribution in [0.3, 0.4) is 0 Å². The quantitative estimate of drug-likeness (QED) is 0.329. The number of ketones is 1. The summed E-state index contributed by atoms with van der Waals surface area (Å²) in [5.41, 5.74) is -0.622. The maximum absolute atomic E-state index is 12.4. The van der Waals surface area contributed by atoms with Gasteiger partial charge in [0.1, 0.15) is 0 Å². The Morgan fingerprint density at radius 1 is 1.05 bits per heavy atom. The lowest BCUT2D eigenvalue weighted by Gasteiger charge is -2.36. The van der Waals surface area contributed by atoms with E-state index >= 15 is 0 Å². The average molecular weight is 308 g/mol. The van der Waals surface area contributed by atoms with Gasteiger partial charge >= 0.3 is 5.97 Å². The van der Waals surface area contributed by atoms with Crippen LogP contribution in [0.25, 0.3) is 0 Å². The summed E-state index contributed by atoms with van der Waals surface area (Å²) in [5, 5.41) is 0. The lowest BCUT2D eigenvalue weighted by atomic mass is 9.66. The van der Waals surface area contributed by atoms with Crippen LogP contribution in [0.2, 0.25) is 0 Å². The number of carbonyl (C=O) groups is 2. The van der Waals surface area contributed by atoms with Crippen molar-refractivity contribution in [3.8, 4) is 0 Å². The van der Waals surface area contributed by atoms with Gasteiger partial charge in [-0.1, -0.05) is 72.0 Å². The van der Waals surface area contributed by atoms with E-state index in [2.05, 4.69) is 32.9 Å². The van der Waals surface area contributed by atoms with Crippen LogP contribution in [-0.4, -0.2) is 18.4 Å². The van der Waals surface area contributed by atoms with E-state index < -0.39 is 5.41 Å². The van der Waals surface area contributed by atoms with Crippen LogP contribution in [-0.2, 0) is 14.3 Å². The van der Waals surface area contributed by atoms with E-state index in [9.17, 15) is 9.59 Å². The molecular weight excluding hydrogens is 276 g/mol. The molecule has 3 nitrogen and oxygen atoms in total. The first-order chi connectivity index (χ1) is 10.3. The second kappa shape index (κ2) is 8.50. The average Bonchev–Trinajstić information content (AvgIpc) is 2.75. The van der Waals surface area contributed by atoms with Crippen LogP contribution < -0.4 is 0 Å². The number of Topliss-reactive ketones (excluding diaryl/α,β-unsaturated/α-hetero) is 1. The van der Waals surface area contributed by atoms with Gasteiger partial charge in [0, 0.05) is 11.8 Å². The fourth-order valence-corrected chi connectivity index (χ4v) is 2.94. The third kappa shape index (κ3) is 4.96. The number of allylic oxidation sites excluding steroid dienone is 2. The smallest absolute Gasteiger partial charge is 0.306 e. The molecule has 0 heterocycles. The molecule has 0 aromatic rings. The van der Waals surface area contributed by atoms with Gasteiger partial charge < -0.3 is 4.74 Å². The van der Waals surface area contributed by atoms with E-state index in [4.69, 9.17) is 4.74 Å². The van der Waals surface area contributed by atoms with Crippen molar-refractivity contribution in [3.63, 3.8) is 0 Å². The molecule has 0 unspecified atom stereocenters. The number of carbonyl (C=O) groups excluding carboxylic acids is 2. The highest BCUT2D eigenvalue weighted by atomic mass is 16.5. The van der Waals surface area contributed by atoms with Gasteiger partial charge in [-0.05, 0) is 18.3 Å². The summed E-state index contributed by atoms with van der Waals surface area (Å²) < 4.78 is 5.19. The molecule has 1 aliphatic carbocycles. The Bertz CT molecular complexity index is 409. The molecule has 0 fully saturated rings. The van der Waals surface area contributed by atoms with Crippen molar-refractivity contribution in [3.05, 3.63) is 12.2 Å². The summed E-state index contributed by atoms with van der Waals surface area (Å²) in [6, 6.07) is 0. The molecule has 0 spiro atoms. The van der Waals surface area contributed by atoms with E-state index in [1.54, 1.807) is 0 Å². The van der Waals surface area contributed by atoms with Crippen molar-refractivity contribution in [1.29, 1.82) is 0 Å². The number of esters is 1. The normalized spacial score (nSPS) is 22.7. The van der Waals surface area contributed by atoms with Crippen molar-refractivity contribution in [1.82, 2.24) is 0 Å². The largest absolute Gasteiger partial charge is 0.458 e. The molecule has 3 heteroatoms. The second-order valence-electron chi connectivity index (χ2n) is 7.26. The Labute approximate surface area is 135 Å². The van der Waals surface area contributed by atoms with Crippen LogP contribution in [0.1, 0.15) is 79.1 Å². The highest BCUT2D eigenvalue weighted by Crippen LogP contribution is 2.48. The van der Waals surface area contributed by atoms with Crippen LogP contribution in [0, 0.1) is 10.8 Å². The molecule has 0 amide bonds. The van der Waals surface area contributed by atoms with Crippen molar-refractivity contribution < 1.29 is 14.3 Å². The number of hydrogen-bond acceptors (Lipinski definition) is 3. The summed E-state index contributed by atoms with van der Waals surface area (Å²) in [7, 11) is 0. The molecule has 0 aliphatic heterocycles. The molecule has 0 radical (unpaired) electrons. The maximum atomic E-state index is 12.4. The van der Waals surface area contributed by atoms with E-state index in [1.165, 1.54) is 25.7 Å². The lowest BCUT2D eigenvalue weighted by Crippen LogP contribution is -2.40. The summed E-state index contributed by atoms with van der Waals surface area (Å²) in [6.45, 7) is 8.20. The summed E-state index contributed by atoms with van der Waals surface area (Å²) >= 11 is 0. The van der Waals surface area contributed by atoms with Gasteiger partial charge in [0.05, 0.1) is 0 Å². The minimum Gasteiger partial charge on any atom is -0.458 e. The van der Waals surface area contributed by atoms with Gasteiger partial charge in [-0.3, -0.25) is 9.59 Å². The Hall–Kier alpha value is -1.12. The van der Waals surface area contributed by atoms with Crippen LogP contribution >= 0.6 is 0 Å². The first kappa shape index (κ1) is 18.9. The van der Waals surface area contributed by atoms with Crippen molar-refractivity contribution in [2.45, 2.75) is 79.1 Å². The van der Waals surface area contributed by atoms with Crippen LogP contribution in [0.4, 0.5) is 0 Å². The van der Waals surface area contributed by atoms with E-state index in [0.29, 0.717) is 6.42 Å². The first-order valence-corrected chi connectivity index (χ1v) is 8.70. The molecule has 22 heavy (non-hydrogen) atoms. The Morgan fingerprint density at radius 2 is 1.68 bits per heavy atom. The monoisotopic (exact) mass is 308 g/mol. The topological polar surface area (TPSA) is 43.4 Å². The minimum atomic E-state index is -0.451. The summed E-state index contributed by atoms with van der Waals surface area (Å²) in [5.74, 6) is -0.213. The Morgan fingerprint density at radius 3 is 2.27 bits per heavy atom. The molecule has 0 saturated carbocycles. The zero-order valence-electron chi connectivity index (χ0n) is 14.7. The fourth-order valence-electron chi connectivity index (χ4n) is 2.94. The van der Waals surface area contributed by atoms with E-state index in [1.807, 2.05) is 6.92 Å². The lowest BCUT2D eigenvalue weighted by molar-refractivity contribution is -0.152. The highest BCUT2D eigenvalue weighted by Gasteiger charge is 2.47. The van der Waals surface area contributed by atoms with Gasteiger partial charge in [0.15, 0.2) is 12.4 Å². The third-order valence-corrected chi connectivity index (χ3v) is 5.20. The molecule has 0 bridgehead atoms. The van der Waals surface area contributed by atoms with Gasteiger partial charge in [0.25, 0.3) is 0 Å². The molecule has 0 aromatic carbocycles. The summed E-state index contributed by atoms with van der Waals surface area (Å²) in [4.78, 5) is 24.1. The SMILES string of the molecule is CCCCCCCCC(=O)OCC(=O)[C@@]1(C)CC=CC1(C)C. The number of rotatable bonds is 10. The zero-order valence-corrected chi connectivity index (χ0v) is 14.7. The molecular formula is C19H32O3. The predicted octanol–water partition coefficient (Wildman–Crippen LogP) is 4.84. The highest BCUT2D eigenvalue weighted by molar-refractivity contribution is 5.89. The third-order valence-electron chi connectivity index (χ3n) is 5.20. The van der Waals surface area contributed by atoms with Gasteiger partial charge in [-0.2, -0.15) is 0 Å². The number of unbranched alkanes of at least 4 members (excludes halogenated alkanes) is 5. The first-order valence-electron chi connectivity index (χ1n) is 8.70. The predicted molar refractivity (Wildman–Crippen MR) is 89.6 cm³/mol. The van der Waals surface area contributed by atoms with Gasteiger partial charge in [0.2, 0.25) is 0 Å². The van der Waals surface area contributed by atoms with Gasteiger partial charge in [-0.15, -0.1) is 0 Å². The second-order valence-corrected chi connectivity index (χ2v) is 7.26. The summed E-state index contributed by atoms with van der Waals surface area (Å²) in [6.07, 6.45) is 12.1. The molecule has 0 saturated heterocycles. The zero-order chi connectivity index (χ0) is 16.6. The molecule has 0 aromatic heterocycles. The molecule has 0 N–H and O–H groups in total. The molecule has 1 atom stereocenters. The minimum absolute atomic E-state index is 0.0267. The van der Waals surface area contributed by atoms with Crippen molar-refractivity contribution in [2.75, 3.05) is 6.61 Å². The molecule has 1 aliphatic rings. The van der Waals surface area contributed by atoms with E-state index in [0.717, 1.165) is 19.3 Å². The standard InChI is InChI=1S/C19H32O3/c1-5-6-7-8-9-10-12-17(21)22-15-16(20)19(4)14-11-13-18(19,2)3/h11,13H,5-10,12,14-15H2,1-4H3/t19-/m1/s1. The Balaban J connectivity index is 2.23. The molecule has 1 rings (SSSR count). The van der Waals surface area contributed by atoms with Crippen LogP contribution in [0.15, 0.2) is 12.2 Å². The molecule has 126 valence electrons. The van der Waals surface area contributed by atoms with Crippen molar-refractivity contribution >= 4 is 11.8 Å². The van der Waals surface area contributed by atoms with E-state index in [-0.39, 0.29) is 23.8 Å². The maximum Gasteiger partial charge on any atom is 0.306 e. The van der Waals surface area contributed by atoms with Crippen molar-refractivity contribution in [2.24, 2.45) is 10.8 Å². The van der Waals surface area contributed by atoms with Crippen LogP contribution in [0.5, 0.6) is 0 Å². The number of ether oxygens (including phenoxy) is 1. The fraction of sp³-hybridized carbons (Fsp3) is 0.789. The number of hydrogen-bond donors (Lipinski definition) is 0. The van der Waals surface area contributed by atoms with Gasteiger partial charge in [-0.25, -0.2) is 0 Å².